The molecule has 0 aromatic heterocycles. The molecule has 8 heteroatoms. The molecular weight excluding hydrogens is 314 g/mol. The highest BCUT2D eigenvalue weighted by molar-refractivity contribution is 7.70. The Bertz CT molecular complexity index is 618. The van der Waals surface area contributed by atoms with Crippen LogP contribution in [0.1, 0.15) is 18.1 Å². The third-order valence-electron chi connectivity index (χ3n) is 2.71. The van der Waals surface area contributed by atoms with Crippen molar-refractivity contribution in [3.63, 3.8) is 0 Å². The maximum atomic E-state index is 11.3. The number of hydrogen-bond donors (Lipinski definition) is 4. The van der Waals surface area contributed by atoms with E-state index in [1.54, 1.807) is 36.4 Å². The van der Waals surface area contributed by atoms with E-state index in [1.807, 2.05) is 6.92 Å². The van der Waals surface area contributed by atoms with Gasteiger partial charge in [0.25, 0.3) is 0 Å². The Kier molecular flexibility index (Phi) is 5.88. The summed E-state index contributed by atoms with van der Waals surface area (Å²) in [6.45, 7) is 5.53. The molecule has 0 heterocycles. The molecule has 0 aliphatic heterocycles. The fourth-order valence-electron chi connectivity index (χ4n) is 1.71. The molecule has 0 saturated heterocycles. The lowest BCUT2D eigenvalue weighted by molar-refractivity contribution is 0.338. The summed E-state index contributed by atoms with van der Waals surface area (Å²) >= 11 is 0. The molecule has 0 atom stereocenters. The van der Waals surface area contributed by atoms with Gasteiger partial charge in [-0.3, -0.25) is 9.13 Å². The van der Waals surface area contributed by atoms with Crippen molar-refractivity contribution in [1.29, 1.82) is 0 Å². The Labute approximate surface area is 123 Å². The third kappa shape index (κ3) is 6.10. The van der Waals surface area contributed by atoms with Gasteiger partial charge < -0.3 is 19.6 Å². The molecule has 0 aliphatic rings. The van der Waals surface area contributed by atoms with Crippen molar-refractivity contribution in [2.75, 3.05) is 0 Å². The van der Waals surface area contributed by atoms with E-state index >= 15 is 0 Å². The first kappa shape index (κ1) is 18.1. The minimum absolute atomic E-state index is 0.399. The highest BCUT2D eigenvalue weighted by atomic mass is 31.2. The fraction of sp³-hybridized carbons (Fsp3) is 0.231. The molecule has 0 unspecified atom stereocenters. The molecule has 0 aliphatic carbocycles. The van der Waals surface area contributed by atoms with Crippen LogP contribution in [-0.4, -0.2) is 25.0 Å². The summed E-state index contributed by atoms with van der Waals surface area (Å²) in [6, 6.07) is 6.62. The molecule has 0 bridgehead atoms. The molecule has 0 amide bonds. The lowest BCUT2D eigenvalue weighted by Crippen LogP contribution is -2.12. The van der Waals surface area contributed by atoms with Gasteiger partial charge in [0, 0.05) is 0 Å². The highest BCUT2D eigenvalue weighted by Crippen LogP contribution is 2.60. The smallest absolute Gasteiger partial charge is 0.324 e. The van der Waals surface area contributed by atoms with Crippen LogP contribution >= 0.6 is 15.2 Å². The number of rotatable bonds is 6. The van der Waals surface area contributed by atoms with Crippen LogP contribution in [-0.2, 0) is 15.6 Å². The summed E-state index contributed by atoms with van der Waals surface area (Å²) in [7, 11) is -9.81. The number of hydrogen-bond acceptors (Lipinski definition) is 2. The molecule has 1 aromatic carbocycles. The Morgan fingerprint density at radius 3 is 2.29 bits per heavy atom. The summed E-state index contributed by atoms with van der Waals surface area (Å²) in [5.74, 6) is 0. The van der Waals surface area contributed by atoms with Crippen LogP contribution in [0.15, 0.2) is 42.5 Å². The van der Waals surface area contributed by atoms with Crippen LogP contribution in [0.3, 0.4) is 0 Å². The zero-order valence-corrected chi connectivity index (χ0v) is 13.2. The summed E-state index contributed by atoms with van der Waals surface area (Å²) in [6.07, 6.45) is 3.13. The van der Waals surface area contributed by atoms with E-state index in [0.29, 0.717) is 5.56 Å². The first-order valence-electron chi connectivity index (χ1n) is 6.03. The predicted octanol–water partition coefficient (Wildman–Crippen LogP) is 2.50. The zero-order valence-electron chi connectivity index (χ0n) is 11.5. The standard InChI is InChI=1S/C13H18O6P2/c1-10(2)6-7-11-4-3-5-12(8-11)9-13(20(14,15)16)21(17,18)19/h3-8,13H,1,9H2,2H3,(H2,14,15,16)(H2,17,18,19). The van der Waals surface area contributed by atoms with Crippen molar-refractivity contribution in [3.05, 3.63) is 53.6 Å². The lowest BCUT2D eigenvalue weighted by atomic mass is 10.1. The van der Waals surface area contributed by atoms with E-state index in [-0.39, 0.29) is 0 Å². The minimum atomic E-state index is -4.90. The fourth-order valence-corrected chi connectivity index (χ4v) is 4.17. The molecule has 0 spiro atoms. The Morgan fingerprint density at radius 1 is 1.24 bits per heavy atom. The SMILES string of the molecule is C=C(C)C=Cc1cccc(CC(P(=O)(O)O)P(=O)(O)O)c1. The van der Waals surface area contributed by atoms with Gasteiger partial charge in [0.1, 0.15) is 0 Å². The topological polar surface area (TPSA) is 115 Å². The second kappa shape index (κ2) is 6.84. The van der Waals surface area contributed by atoms with Gasteiger partial charge in [-0.05, 0) is 24.5 Å². The molecule has 116 valence electrons. The molecule has 0 saturated carbocycles. The first-order chi connectivity index (χ1) is 9.50. The molecule has 21 heavy (non-hydrogen) atoms. The van der Waals surface area contributed by atoms with Crippen LogP contribution < -0.4 is 0 Å². The molecule has 0 fully saturated rings. The number of allylic oxidation sites excluding steroid dienone is 2. The molecular formula is C13H18O6P2. The second-order valence-corrected chi connectivity index (χ2v) is 8.80. The van der Waals surface area contributed by atoms with E-state index in [4.69, 9.17) is 19.6 Å². The summed E-state index contributed by atoms with van der Waals surface area (Å²) in [5, 5.41) is -2.02. The van der Waals surface area contributed by atoms with Crippen LogP contribution in [0.25, 0.3) is 6.08 Å². The van der Waals surface area contributed by atoms with Crippen molar-refractivity contribution in [3.8, 4) is 0 Å². The maximum absolute atomic E-state index is 11.3. The van der Waals surface area contributed by atoms with Gasteiger partial charge in [0.15, 0.2) is 5.40 Å². The molecule has 6 nitrogen and oxygen atoms in total. The summed E-state index contributed by atoms with van der Waals surface area (Å²) in [4.78, 5) is 36.5. The molecule has 0 radical (unpaired) electrons. The third-order valence-corrected chi connectivity index (χ3v) is 6.43. The van der Waals surface area contributed by atoms with E-state index in [0.717, 1.165) is 11.1 Å². The maximum Gasteiger partial charge on any atom is 0.341 e. The van der Waals surface area contributed by atoms with Crippen molar-refractivity contribution < 1.29 is 28.7 Å². The van der Waals surface area contributed by atoms with Crippen molar-refractivity contribution in [2.45, 2.75) is 18.7 Å². The molecule has 4 N–H and O–H groups in total. The van der Waals surface area contributed by atoms with Crippen LogP contribution in [0, 0.1) is 0 Å². The van der Waals surface area contributed by atoms with E-state index < -0.39 is 27.0 Å². The average molecular weight is 332 g/mol. The Balaban J connectivity index is 3.06. The molecule has 1 aromatic rings. The second-order valence-electron chi connectivity index (χ2n) is 4.79. The van der Waals surface area contributed by atoms with Crippen LogP contribution in [0.4, 0.5) is 0 Å². The average Bonchev–Trinajstić information content (AvgIpc) is 2.31. The van der Waals surface area contributed by atoms with Gasteiger partial charge in [0.05, 0.1) is 0 Å². The van der Waals surface area contributed by atoms with Crippen molar-refractivity contribution >= 4 is 21.3 Å². The quantitative estimate of drug-likeness (QED) is 0.470. The summed E-state index contributed by atoms with van der Waals surface area (Å²) in [5.41, 5.74) is 2.03. The predicted molar refractivity (Wildman–Crippen MR) is 81.9 cm³/mol. The highest BCUT2D eigenvalue weighted by Gasteiger charge is 2.43. The van der Waals surface area contributed by atoms with Gasteiger partial charge in [-0.1, -0.05) is 48.6 Å². The van der Waals surface area contributed by atoms with Gasteiger partial charge in [-0.2, -0.15) is 0 Å². The Morgan fingerprint density at radius 2 is 1.81 bits per heavy atom. The molecule has 1 rings (SSSR count). The van der Waals surface area contributed by atoms with Gasteiger partial charge in [-0.15, -0.1) is 0 Å². The van der Waals surface area contributed by atoms with Crippen molar-refractivity contribution in [1.82, 2.24) is 0 Å². The van der Waals surface area contributed by atoms with E-state index in [9.17, 15) is 9.13 Å². The van der Waals surface area contributed by atoms with E-state index in [2.05, 4.69) is 6.58 Å². The monoisotopic (exact) mass is 332 g/mol. The largest absolute Gasteiger partial charge is 0.341 e. The first-order valence-corrected chi connectivity index (χ1v) is 9.39. The lowest BCUT2D eigenvalue weighted by Gasteiger charge is -2.19. The normalized spacial score (nSPS) is 13.0. The van der Waals surface area contributed by atoms with Gasteiger partial charge in [0.2, 0.25) is 0 Å². The van der Waals surface area contributed by atoms with Crippen LogP contribution in [0.2, 0.25) is 0 Å². The summed E-state index contributed by atoms with van der Waals surface area (Å²) < 4.78 is 22.5. The zero-order chi connectivity index (χ0) is 16.3. The van der Waals surface area contributed by atoms with Gasteiger partial charge in [-0.25, -0.2) is 0 Å². The van der Waals surface area contributed by atoms with E-state index in [1.165, 1.54) is 0 Å². The van der Waals surface area contributed by atoms with Crippen LogP contribution in [0.5, 0.6) is 0 Å². The van der Waals surface area contributed by atoms with Gasteiger partial charge >= 0.3 is 15.2 Å². The number of benzene rings is 1. The minimum Gasteiger partial charge on any atom is -0.324 e. The van der Waals surface area contributed by atoms with Crippen molar-refractivity contribution in [2.24, 2.45) is 0 Å². The Hall–Kier alpha value is -1.00.